The molecule has 0 bridgehead atoms. The predicted octanol–water partition coefficient (Wildman–Crippen LogP) is 2.52. The lowest BCUT2D eigenvalue weighted by Gasteiger charge is -2.03. The Morgan fingerprint density at radius 2 is 1.95 bits per heavy atom. The smallest absolute Gasteiger partial charge is 0.210 e. The number of rotatable bonds is 5. The Kier molecular flexibility index (Phi) is 4.12. The van der Waals surface area contributed by atoms with Gasteiger partial charge in [-0.15, -0.1) is 21.5 Å². The number of nitrogens with zero attached hydrogens (tertiary/aromatic N) is 3. The third kappa shape index (κ3) is 3.37. The van der Waals surface area contributed by atoms with E-state index in [1.165, 1.54) is 10.4 Å². The molecule has 0 amide bonds. The maximum Gasteiger partial charge on any atom is 0.210 e. The Labute approximate surface area is 131 Å². The largest absolute Gasteiger partial charge is 0.399 e. The molecule has 1 aromatic carbocycles. The van der Waals surface area contributed by atoms with E-state index in [-0.39, 0.29) is 0 Å². The van der Waals surface area contributed by atoms with Gasteiger partial charge in [-0.3, -0.25) is 0 Å². The zero-order chi connectivity index (χ0) is 14.7. The van der Waals surface area contributed by atoms with Crippen molar-refractivity contribution in [1.82, 2.24) is 14.9 Å². The fraction of sp³-hybridized carbons (Fsp3) is 0.143. The number of thiophene rings is 1. The van der Waals surface area contributed by atoms with Crippen molar-refractivity contribution in [3.8, 4) is 0 Å². The summed E-state index contributed by atoms with van der Waals surface area (Å²) in [7, 11) is 0. The number of hydrogen-bond donors (Lipinski definition) is 2. The van der Waals surface area contributed by atoms with Gasteiger partial charge in [0.25, 0.3) is 0 Å². The second-order valence-electron chi connectivity index (χ2n) is 4.56. The Bertz CT molecular complexity index is 704. The van der Waals surface area contributed by atoms with Crippen LogP contribution in [0.15, 0.2) is 46.9 Å². The second-order valence-corrected chi connectivity index (χ2v) is 6.53. The molecule has 0 spiro atoms. The van der Waals surface area contributed by atoms with Crippen molar-refractivity contribution in [2.45, 2.75) is 17.3 Å². The molecule has 21 heavy (non-hydrogen) atoms. The number of anilines is 1. The lowest BCUT2D eigenvalue weighted by Crippen LogP contribution is -2.14. The molecule has 0 aliphatic heterocycles. The van der Waals surface area contributed by atoms with Gasteiger partial charge >= 0.3 is 0 Å². The van der Waals surface area contributed by atoms with Crippen LogP contribution in [0.2, 0.25) is 0 Å². The molecule has 2 heterocycles. The third-order valence-electron chi connectivity index (χ3n) is 3.00. The zero-order valence-electron chi connectivity index (χ0n) is 11.3. The zero-order valence-corrected chi connectivity index (χ0v) is 12.9. The minimum Gasteiger partial charge on any atom is -0.399 e. The first-order valence-electron chi connectivity index (χ1n) is 6.41. The maximum absolute atomic E-state index is 6.06. The fourth-order valence-electron chi connectivity index (χ4n) is 1.86. The number of benzene rings is 1. The van der Waals surface area contributed by atoms with E-state index >= 15 is 0 Å². The highest BCUT2D eigenvalue weighted by Gasteiger charge is 2.11. The summed E-state index contributed by atoms with van der Waals surface area (Å²) in [6, 6.07) is 11.9. The standard InChI is InChI=1S/C14H15N5S2/c15-11-5-3-10(4-6-11)9-21-14-18-17-13(19(14)16)8-12-2-1-7-20-12/h1-7H,8-9,15-16H2. The van der Waals surface area contributed by atoms with Gasteiger partial charge in [0, 0.05) is 22.7 Å². The maximum atomic E-state index is 6.06. The van der Waals surface area contributed by atoms with Crippen LogP contribution in [0.5, 0.6) is 0 Å². The van der Waals surface area contributed by atoms with Crippen LogP contribution in [0.3, 0.4) is 0 Å². The van der Waals surface area contributed by atoms with Gasteiger partial charge in [-0.25, -0.2) is 4.68 Å². The minimum absolute atomic E-state index is 0.712. The molecule has 5 nitrogen and oxygen atoms in total. The van der Waals surface area contributed by atoms with E-state index in [1.54, 1.807) is 27.8 Å². The molecule has 108 valence electrons. The monoisotopic (exact) mass is 317 g/mol. The fourth-order valence-corrected chi connectivity index (χ4v) is 3.39. The summed E-state index contributed by atoms with van der Waals surface area (Å²) >= 11 is 3.26. The van der Waals surface area contributed by atoms with Crippen LogP contribution in [0.4, 0.5) is 5.69 Å². The average Bonchev–Trinajstić information content (AvgIpc) is 3.11. The van der Waals surface area contributed by atoms with E-state index in [4.69, 9.17) is 11.6 Å². The molecule has 0 aliphatic rings. The number of hydrogen-bond acceptors (Lipinski definition) is 6. The molecule has 0 saturated heterocycles. The van der Waals surface area contributed by atoms with E-state index in [0.29, 0.717) is 6.42 Å². The SMILES string of the molecule is Nc1ccc(CSc2nnc(Cc3cccs3)n2N)cc1. The van der Waals surface area contributed by atoms with Gasteiger partial charge in [0.05, 0.1) is 0 Å². The summed E-state index contributed by atoms with van der Waals surface area (Å²) in [5.74, 6) is 7.63. The summed E-state index contributed by atoms with van der Waals surface area (Å²) < 4.78 is 1.57. The lowest BCUT2D eigenvalue weighted by atomic mass is 10.2. The Morgan fingerprint density at radius 3 is 2.67 bits per heavy atom. The highest BCUT2D eigenvalue weighted by Crippen LogP contribution is 2.22. The van der Waals surface area contributed by atoms with Gasteiger partial charge < -0.3 is 11.6 Å². The van der Waals surface area contributed by atoms with Crippen LogP contribution in [0.25, 0.3) is 0 Å². The topological polar surface area (TPSA) is 82.8 Å². The summed E-state index contributed by atoms with van der Waals surface area (Å²) in [4.78, 5) is 1.23. The molecule has 7 heteroatoms. The lowest BCUT2D eigenvalue weighted by molar-refractivity contribution is 0.808. The van der Waals surface area contributed by atoms with Gasteiger partial charge in [-0.1, -0.05) is 30.0 Å². The first-order valence-corrected chi connectivity index (χ1v) is 8.28. The number of nitrogens with two attached hydrogens (primary N) is 2. The highest BCUT2D eigenvalue weighted by atomic mass is 32.2. The van der Waals surface area contributed by atoms with Crippen molar-refractivity contribution in [2.24, 2.45) is 0 Å². The summed E-state index contributed by atoms with van der Waals surface area (Å²) in [6.45, 7) is 0. The van der Waals surface area contributed by atoms with Crippen molar-refractivity contribution in [2.75, 3.05) is 11.6 Å². The second kappa shape index (κ2) is 6.19. The summed E-state index contributed by atoms with van der Waals surface area (Å²) in [6.07, 6.45) is 0.712. The molecule has 0 unspecified atom stereocenters. The van der Waals surface area contributed by atoms with E-state index in [0.717, 1.165) is 22.4 Å². The first-order chi connectivity index (χ1) is 10.2. The molecule has 0 fully saturated rings. The molecule has 2 aromatic heterocycles. The van der Waals surface area contributed by atoms with Gasteiger partial charge in [-0.05, 0) is 29.1 Å². The quantitative estimate of drug-likeness (QED) is 0.429. The molecular weight excluding hydrogens is 302 g/mol. The summed E-state index contributed by atoms with van der Waals surface area (Å²) in [5, 5.41) is 11.1. The summed E-state index contributed by atoms with van der Waals surface area (Å²) in [5.41, 5.74) is 7.62. The van der Waals surface area contributed by atoms with E-state index < -0.39 is 0 Å². The van der Waals surface area contributed by atoms with Crippen LogP contribution in [0.1, 0.15) is 16.3 Å². The van der Waals surface area contributed by atoms with Gasteiger partial charge in [0.1, 0.15) is 0 Å². The Hall–Kier alpha value is -1.99. The van der Waals surface area contributed by atoms with Crippen LogP contribution in [0, 0.1) is 0 Å². The van der Waals surface area contributed by atoms with Gasteiger partial charge in [0.15, 0.2) is 5.82 Å². The van der Waals surface area contributed by atoms with E-state index in [1.807, 2.05) is 35.7 Å². The number of aromatic nitrogens is 3. The Balaban J connectivity index is 1.66. The van der Waals surface area contributed by atoms with Crippen molar-refractivity contribution < 1.29 is 0 Å². The predicted molar refractivity (Wildman–Crippen MR) is 87.7 cm³/mol. The number of thioether (sulfide) groups is 1. The molecule has 0 aliphatic carbocycles. The Morgan fingerprint density at radius 1 is 1.14 bits per heavy atom. The van der Waals surface area contributed by atoms with Gasteiger partial charge in [-0.2, -0.15) is 0 Å². The van der Waals surface area contributed by atoms with Crippen LogP contribution < -0.4 is 11.6 Å². The third-order valence-corrected chi connectivity index (χ3v) is 4.89. The van der Waals surface area contributed by atoms with Crippen LogP contribution in [-0.2, 0) is 12.2 Å². The van der Waals surface area contributed by atoms with Crippen molar-refractivity contribution in [1.29, 1.82) is 0 Å². The molecule has 4 N–H and O–H groups in total. The first kappa shape index (κ1) is 14.0. The molecule has 0 radical (unpaired) electrons. The van der Waals surface area contributed by atoms with E-state index in [9.17, 15) is 0 Å². The van der Waals surface area contributed by atoms with Gasteiger partial charge in [0.2, 0.25) is 5.16 Å². The highest BCUT2D eigenvalue weighted by molar-refractivity contribution is 7.98. The van der Waals surface area contributed by atoms with E-state index in [2.05, 4.69) is 16.3 Å². The van der Waals surface area contributed by atoms with Crippen molar-refractivity contribution in [3.05, 3.63) is 58.0 Å². The van der Waals surface area contributed by atoms with Crippen molar-refractivity contribution in [3.63, 3.8) is 0 Å². The number of nitrogen functional groups attached to an aromatic ring is 2. The van der Waals surface area contributed by atoms with Crippen LogP contribution in [-0.4, -0.2) is 14.9 Å². The molecule has 0 saturated carbocycles. The normalized spacial score (nSPS) is 10.9. The van der Waals surface area contributed by atoms with Crippen LogP contribution >= 0.6 is 23.1 Å². The average molecular weight is 317 g/mol. The minimum atomic E-state index is 0.712. The molecule has 3 rings (SSSR count). The van der Waals surface area contributed by atoms with Crippen molar-refractivity contribution >= 4 is 28.8 Å². The molecule has 0 atom stereocenters. The molecular formula is C14H15N5S2. The molecule has 3 aromatic rings.